The summed E-state index contributed by atoms with van der Waals surface area (Å²) in [6, 6.07) is 17.1. The molecule has 110 valence electrons. The Morgan fingerprint density at radius 3 is 2.61 bits per heavy atom. The summed E-state index contributed by atoms with van der Waals surface area (Å²) in [5, 5.41) is 9.47. The highest BCUT2D eigenvalue weighted by Crippen LogP contribution is 2.22. The van der Waals surface area contributed by atoms with Gasteiger partial charge in [0.2, 0.25) is 5.78 Å². The van der Waals surface area contributed by atoms with E-state index in [1.807, 2.05) is 61.5 Å². The van der Waals surface area contributed by atoms with Crippen LogP contribution in [-0.4, -0.2) is 14.4 Å². The van der Waals surface area contributed by atoms with Crippen LogP contribution in [0.2, 0.25) is 0 Å². The number of nitriles is 1. The largest absolute Gasteiger partial charge is 0.323 e. The van der Waals surface area contributed by atoms with E-state index in [0.717, 1.165) is 16.6 Å². The Kier molecular flexibility index (Phi) is 2.78. The van der Waals surface area contributed by atoms with Gasteiger partial charge in [-0.2, -0.15) is 5.26 Å². The van der Waals surface area contributed by atoms with E-state index in [1.54, 1.807) is 0 Å². The Balaban J connectivity index is 2.14. The van der Waals surface area contributed by atoms with E-state index in [0.29, 0.717) is 17.0 Å². The normalized spacial score (nSPS) is 11.0. The molecule has 0 atom stereocenters. The Hall–Kier alpha value is -3.39. The van der Waals surface area contributed by atoms with E-state index in [4.69, 9.17) is 0 Å². The van der Waals surface area contributed by atoms with Gasteiger partial charge in [-0.1, -0.05) is 42.0 Å². The maximum Gasteiger partial charge on any atom is 0.278 e. The Morgan fingerprint density at radius 1 is 1.13 bits per heavy atom. The maximum absolute atomic E-state index is 12.8. The zero-order chi connectivity index (χ0) is 16.0. The summed E-state index contributed by atoms with van der Waals surface area (Å²) in [6.07, 6.45) is 0. The molecule has 2 aromatic carbocycles. The van der Waals surface area contributed by atoms with Crippen molar-refractivity contribution in [3.8, 4) is 17.3 Å². The van der Waals surface area contributed by atoms with Crippen LogP contribution >= 0.6 is 0 Å². The van der Waals surface area contributed by atoms with E-state index in [1.165, 1.54) is 4.40 Å². The summed E-state index contributed by atoms with van der Waals surface area (Å²) in [4.78, 5) is 20.4. The van der Waals surface area contributed by atoms with Crippen molar-refractivity contribution in [2.24, 2.45) is 0 Å². The number of para-hydroxylation sites is 2. The molecular weight excluding hydrogens is 288 g/mol. The number of imidazole rings is 1. The number of rotatable bonds is 1. The van der Waals surface area contributed by atoms with Crippen molar-refractivity contribution in [2.45, 2.75) is 6.92 Å². The van der Waals surface area contributed by atoms with Crippen LogP contribution in [0.25, 0.3) is 28.1 Å². The third-order valence-corrected chi connectivity index (χ3v) is 3.91. The fourth-order valence-electron chi connectivity index (χ4n) is 2.74. The van der Waals surface area contributed by atoms with Gasteiger partial charge in [0, 0.05) is 5.56 Å². The molecule has 2 aromatic heterocycles. The van der Waals surface area contributed by atoms with Crippen LogP contribution in [0.1, 0.15) is 11.1 Å². The number of fused-ring (bicyclic) bond motifs is 3. The molecule has 2 heterocycles. The molecule has 4 aromatic rings. The van der Waals surface area contributed by atoms with Gasteiger partial charge in [-0.3, -0.25) is 4.79 Å². The van der Waals surface area contributed by atoms with Crippen LogP contribution in [0.15, 0.2) is 53.3 Å². The third-order valence-electron chi connectivity index (χ3n) is 3.91. The number of nitrogens with zero attached hydrogens (tertiary/aromatic N) is 3. The average Bonchev–Trinajstić information content (AvgIpc) is 2.94. The van der Waals surface area contributed by atoms with E-state index in [2.05, 4.69) is 9.97 Å². The number of hydrogen-bond acceptors (Lipinski definition) is 3. The topological polar surface area (TPSA) is 74.0 Å². The molecule has 0 aliphatic rings. The molecule has 1 N–H and O–H groups in total. The summed E-state index contributed by atoms with van der Waals surface area (Å²) in [6.45, 7) is 1.98. The third kappa shape index (κ3) is 1.93. The number of hydrogen-bond donors (Lipinski definition) is 1. The summed E-state index contributed by atoms with van der Waals surface area (Å²) < 4.78 is 1.45. The molecule has 0 radical (unpaired) electrons. The second-order valence-electron chi connectivity index (χ2n) is 5.42. The highest BCUT2D eigenvalue weighted by Gasteiger charge is 2.17. The van der Waals surface area contributed by atoms with Gasteiger partial charge in [0.25, 0.3) is 5.56 Å². The van der Waals surface area contributed by atoms with Gasteiger partial charge in [-0.25, -0.2) is 9.38 Å². The molecule has 0 aliphatic heterocycles. The van der Waals surface area contributed by atoms with Crippen molar-refractivity contribution in [2.75, 3.05) is 0 Å². The zero-order valence-corrected chi connectivity index (χ0v) is 12.4. The predicted octanol–water partition coefficient (Wildman–Crippen LogP) is 3.02. The minimum atomic E-state index is -0.356. The van der Waals surface area contributed by atoms with Gasteiger partial charge in [-0.15, -0.1) is 0 Å². The van der Waals surface area contributed by atoms with Gasteiger partial charge in [-0.05, 0) is 19.1 Å². The standard InChI is InChI=1S/C18H12N4O/c1-11-6-8-12(9-7-11)16-13(10-19)17(23)22-15-5-3-2-4-14(15)20-18(22)21-16/h2-9H,1H3,(H,20,21). The fraction of sp³-hybridized carbons (Fsp3) is 0.0556. The van der Waals surface area contributed by atoms with Crippen LogP contribution in [0.4, 0.5) is 0 Å². The van der Waals surface area contributed by atoms with Crippen molar-refractivity contribution in [3.63, 3.8) is 0 Å². The molecular formula is C18H12N4O. The second-order valence-corrected chi connectivity index (χ2v) is 5.42. The molecule has 4 rings (SSSR count). The highest BCUT2D eigenvalue weighted by molar-refractivity contribution is 5.80. The summed E-state index contributed by atoms with van der Waals surface area (Å²) in [7, 11) is 0. The van der Waals surface area contributed by atoms with E-state index in [9.17, 15) is 10.1 Å². The van der Waals surface area contributed by atoms with Gasteiger partial charge < -0.3 is 4.98 Å². The molecule has 0 aliphatic carbocycles. The number of nitrogens with one attached hydrogen (secondary N) is 1. The van der Waals surface area contributed by atoms with Crippen molar-refractivity contribution in [1.82, 2.24) is 14.4 Å². The van der Waals surface area contributed by atoms with E-state index >= 15 is 0 Å². The zero-order valence-electron chi connectivity index (χ0n) is 12.4. The monoisotopic (exact) mass is 300 g/mol. The first-order valence-electron chi connectivity index (χ1n) is 7.19. The van der Waals surface area contributed by atoms with Crippen molar-refractivity contribution in [1.29, 1.82) is 5.26 Å². The molecule has 5 heteroatoms. The number of benzene rings is 2. The molecule has 0 amide bonds. The van der Waals surface area contributed by atoms with Gasteiger partial charge in [0.15, 0.2) is 0 Å². The van der Waals surface area contributed by atoms with Crippen LogP contribution in [0.3, 0.4) is 0 Å². The van der Waals surface area contributed by atoms with Crippen molar-refractivity contribution < 1.29 is 0 Å². The first-order chi connectivity index (χ1) is 11.2. The summed E-state index contributed by atoms with van der Waals surface area (Å²) >= 11 is 0. The van der Waals surface area contributed by atoms with E-state index < -0.39 is 0 Å². The highest BCUT2D eigenvalue weighted by atomic mass is 16.1. The Bertz CT molecular complexity index is 1140. The smallest absolute Gasteiger partial charge is 0.278 e. The summed E-state index contributed by atoms with van der Waals surface area (Å²) in [5.74, 6) is 0.436. The van der Waals surface area contributed by atoms with Crippen molar-refractivity contribution in [3.05, 3.63) is 70.0 Å². The second kappa shape index (κ2) is 4.82. The quantitative estimate of drug-likeness (QED) is 0.587. The lowest BCUT2D eigenvalue weighted by molar-refractivity contribution is 1.07. The molecule has 0 saturated carbocycles. The molecule has 23 heavy (non-hydrogen) atoms. The maximum atomic E-state index is 12.8. The van der Waals surface area contributed by atoms with Crippen LogP contribution in [0.5, 0.6) is 0 Å². The minimum absolute atomic E-state index is 0.0520. The Labute approximate surface area is 131 Å². The van der Waals surface area contributed by atoms with Crippen LogP contribution < -0.4 is 5.56 Å². The lowest BCUT2D eigenvalue weighted by Crippen LogP contribution is -2.18. The van der Waals surface area contributed by atoms with Gasteiger partial charge >= 0.3 is 0 Å². The number of aryl methyl sites for hydroxylation is 1. The number of aromatic nitrogens is 3. The first kappa shape index (κ1) is 13.3. The van der Waals surface area contributed by atoms with Crippen LogP contribution in [-0.2, 0) is 0 Å². The van der Waals surface area contributed by atoms with E-state index in [-0.39, 0.29) is 11.1 Å². The van der Waals surface area contributed by atoms with Crippen LogP contribution in [0, 0.1) is 18.3 Å². The lowest BCUT2D eigenvalue weighted by atomic mass is 10.1. The molecule has 0 unspecified atom stereocenters. The summed E-state index contributed by atoms with van der Waals surface area (Å²) in [5.41, 5.74) is 3.49. The minimum Gasteiger partial charge on any atom is -0.323 e. The van der Waals surface area contributed by atoms with Crippen molar-refractivity contribution >= 4 is 16.8 Å². The lowest BCUT2D eigenvalue weighted by Gasteiger charge is -2.04. The molecule has 0 spiro atoms. The molecule has 5 nitrogen and oxygen atoms in total. The van der Waals surface area contributed by atoms with Gasteiger partial charge in [0.05, 0.1) is 16.7 Å². The number of aromatic amines is 1. The molecule has 0 saturated heterocycles. The predicted molar refractivity (Wildman–Crippen MR) is 88.2 cm³/mol. The first-order valence-corrected chi connectivity index (χ1v) is 7.19. The molecule has 0 fully saturated rings. The number of H-pyrrole nitrogens is 1. The SMILES string of the molecule is Cc1ccc(-c2nc3[nH]c4ccccc4n3c(=O)c2C#N)cc1. The fourth-order valence-corrected chi connectivity index (χ4v) is 2.74. The average molecular weight is 300 g/mol. The Morgan fingerprint density at radius 2 is 1.87 bits per heavy atom. The molecule has 0 bridgehead atoms. The van der Waals surface area contributed by atoms with Gasteiger partial charge in [0.1, 0.15) is 11.6 Å².